The van der Waals surface area contributed by atoms with Crippen molar-refractivity contribution in [3.63, 3.8) is 0 Å². The minimum Gasteiger partial charge on any atom is -1.00 e. The van der Waals surface area contributed by atoms with Crippen molar-refractivity contribution < 1.29 is 70.1 Å². The topological polar surface area (TPSA) is 168 Å². The number of aromatic amines is 3. The predicted molar refractivity (Wildman–Crippen MR) is 444 cm³/mol. The molecule has 12 aromatic heterocycles. The average Bonchev–Trinajstić information content (AvgIpc) is 1.83. The predicted octanol–water partition coefficient (Wildman–Crippen LogP) is 10.7. The van der Waals surface area contributed by atoms with Crippen LogP contribution >= 0.6 is 68.0 Å². The number of rotatable bonds is 6. The average molecular weight is 1700 g/mol. The Morgan fingerprint density at radius 3 is 1.41 bits per heavy atom. The van der Waals surface area contributed by atoms with Crippen LogP contribution in [0, 0.1) is 120 Å². The molecule has 2 saturated carbocycles. The van der Waals surface area contributed by atoms with Crippen LogP contribution < -0.4 is 56.9 Å². The fourth-order valence-corrected chi connectivity index (χ4v) is 13.8. The minimum absolute atomic E-state index is 0. The van der Waals surface area contributed by atoms with E-state index in [9.17, 15) is 13.2 Å². The van der Waals surface area contributed by atoms with E-state index in [4.69, 9.17) is 4.74 Å². The van der Waals surface area contributed by atoms with Crippen molar-refractivity contribution in [2.24, 2.45) is 0 Å². The molecule has 25 heteroatoms. The van der Waals surface area contributed by atoms with Crippen LogP contribution in [0.3, 0.4) is 0 Å². The summed E-state index contributed by atoms with van der Waals surface area (Å²) in [5.41, 5.74) is 15.4. The van der Waals surface area contributed by atoms with Crippen molar-refractivity contribution in [3.05, 3.63) is 329 Å². The molecule has 0 amide bonds. The zero-order valence-corrected chi connectivity index (χ0v) is 70.6. The highest BCUT2D eigenvalue weighted by Gasteiger charge is 2.30. The lowest BCUT2D eigenvalue weighted by Gasteiger charge is -2.08. The van der Waals surface area contributed by atoms with E-state index >= 15 is 0 Å². The van der Waals surface area contributed by atoms with Gasteiger partial charge < -0.3 is 42.0 Å². The summed E-state index contributed by atoms with van der Waals surface area (Å²) in [5, 5.41) is 18.2. The van der Waals surface area contributed by atoms with Crippen LogP contribution in [-0.4, -0.2) is 44.9 Å². The maximum Gasteiger partial charge on any atom is 0.416 e. The normalized spacial score (nSPS) is 11.2. The molecule has 2 aliphatic carbocycles. The molecule has 0 bridgehead atoms. The molecule has 0 aliphatic heterocycles. The van der Waals surface area contributed by atoms with Crippen LogP contribution in [0.15, 0.2) is 204 Å². The summed E-state index contributed by atoms with van der Waals surface area (Å²) in [4.78, 5) is 47.9. The second-order valence-corrected chi connectivity index (χ2v) is 31.6. The number of hydrogen-bond donors (Lipinski definition) is 0. The maximum atomic E-state index is 12.8. The molecule has 16 rings (SSSR count). The van der Waals surface area contributed by atoms with E-state index in [0.717, 1.165) is 116 Å². The quantitative estimate of drug-likeness (QED) is 0.146. The molecule has 578 valence electrons. The number of halogens is 6. The molecule has 12 heterocycles. The van der Waals surface area contributed by atoms with E-state index in [1.165, 1.54) is 72.2 Å². The second kappa shape index (κ2) is 45.5. The van der Waals surface area contributed by atoms with Gasteiger partial charge in [0.15, 0.2) is 12.4 Å². The first kappa shape index (κ1) is 89.2. The fraction of sp³-hybridized carbons (Fsp3) is 0.178. The van der Waals surface area contributed by atoms with Gasteiger partial charge in [-0.1, -0.05) is 108 Å². The number of para-hydroxylation sites is 1. The Kier molecular flexibility index (Phi) is 35.3. The Balaban J connectivity index is 0.000000173. The lowest BCUT2D eigenvalue weighted by atomic mass is 10.0. The molecular weight excluding hydrogens is 1620 g/mol. The number of nitrogens with zero attached hydrogens (tertiary/aromatic N) is 9. The number of ether oxygens (including phenoxy) is 1. The number of pyridine rings is 6. The van der Waals surface area contributed by atoms with Gasteiger partial charge >= 0.3 is 6.18 Å². The SMILES string of the molecule is C=Cc1cncc(C#Cc2csc(C)n2)c1.Cc1[nH+]c(C#Cc2c[nH+]cc(C3CC3)c2)cs1.Cc1[nH+]c(C#Cc2ccc(Oc3ccccc3)nc2)cs1.Cc1cncc(C#Cc2csc(C)n2)c1.Cc1nc(C#Cc2ccc(-c3cccc(C(F)(F)F)c3)nc2)cs1.Cc1nc(C#Cc2ccc(C3CCCC3)nc2)cs1.[Cl-].[Cl-].[Cl-]. The van der Waals surface area contributed by atoms with Gasteiger partial charge in [0.05, 0.1) is 47.6 Å². The third-order valence-electron chi connectivity index (χ3n) is 16.1. The molecule has 0 spiro atoms. The van der Waals surface area contributed by atoms with Crippen molar-refractivity contribution >= 4 is 74.1 Å². The van der Waals surface area contributed by atoms with Gasteiger partial charge in [-0.3, -0.25) is 19.9 Å². The van der Waals surface area contributed by atoms with Crippen LogP contribution in [0.1, 0.15) is 176 Å². The summed E-state index contributed by atoms with van der Waals surface area (Å²) in [6.07, 6.45) is 21.6. The van der Waals surface area contributed by atoms with E-state index in [2.05, 4.69) is 174 Å². The Bertz CT molecular complexity index is 5900. The molecule has 2 aromatic carbocycles. The Morgan fingerprint density at radius 2 is 0.948 bits per heavy atom. The molecule has 13 nitrogen and oxygen atoms in total. The first-order chi connectivity index (χ1) is 54.3. The van der Waals surface area contributed by atoms with E-state index in [1.54, 1.807) is 112 Å². The monoisotopic (exact) mass is 1690 g/mol. The minimum atomic E-state index is -4.37. The Hall–Kier alpha value is -11.3. The highest BCUT2D eigenvalue weighted by atomic mass is 35.5. The first-order valence-corrected chi connectivity index (χ1v) is 40.7. The standard InChI is InChI=1S/C18H11F3N2S.C17H12N2OS.C16H16N2S.C14H12N2S.C13H10N2S.C12H10N2S.3ClH/c1-12-23-16(11-24-12)7-5-13-6-8-17(22-10-13)14-3-2-4-15(9-14)18(19,20)21;1-13-19-15(12-21-13)9-7-14-8-10-17(18-11-14)20-16-5-3-2-4-6-16;1-12-18-15(11-19-12)8-6-13-7-9-16(17-10-13)14-4-2-3-5-14;1-10-16-14(9-17-10)5-2-11-6-13(8-15-7-11)12-3-4-12;1-3-11-6-12(8-14-7-11)4-5-13-9-16-10(2)15-13;1-9-5-11(7-13-6-9)3-4-12-8-15-10(2)14-12;;;/h2-4,6,8-11H,1H3;2-6,8,10-12H,1H3;7,9-11,14H,2-5H2,1H3;6-9,12H,3-4H2,1H3;3,6-9H,1H2,2H3;5-8H,1-2H3;3*1H. The van der Waals surface area contributed by atoms with Crippen LogP contribution in [0.4, 0.5) is 13.2 Å². The van der Waals surface area contributed by atoms with E-state index in [1.807, 2.05) is 142 Å². The molecule has 3 N–H and O–H groups in total. The highest BCUT2D eigenvalue weighted by molar-refractivity contribution is 7.10. The number of benzene rings is 2. The summed E-state index contributed by atoms with van der Waals surface area (Å²) < 4.78 is 43.9. The molecule has 115 heavy (non-hydrogen) atoms. The Morgan fingerprint density at radius 1 is 0.443 bits per heavy atom. The molecule has 2 fully saturated rings. The molecule has 0 atom stereocenters. The summed E-state index contributed by atoms with van der Waals surface area (Å²) in [6, 6.07) is 32.2. The largest absolute Gasteiger partial charge is 1.00 e. The third kappa shape index (κ3) is 30.5. The number of hydrogen-bond acceptors (Lipinski definition) is 16. The van der Waals surface area contributed by atoms with Gasteiger partial charge in [0.25, 0.3) is 11.4 Å². The number of alkyl halides is 3. The molecular formula is C90H74Cl3F3N12OS6. The van der Waals surface area contributed by atoms with Crippen molar-refractivity contribution in [2.45, 2.75) is 105 Å². The summed E-state index contributed by atoms with van der Waals surface area (Å²) in [6.45, 7) is 17.6. The number of thiazole rings is 6. The number of aromatic nitrogens is 12. The van der Waals surface area contributed by atoms with Crippen molar-refractivity contribution in [2.75, 3.05) is 0 Å². The van der Waals surface area contributed by atoms with Crippen LogP contribution in [0.5, 0.6) is 11.6 Å². The van der Waals surface area contributed by atoms with Gasteiger partial charge in [-0.05, 0) is 180 Å². The van der Waals surface area contributed by atoms with Gasteiger partial charge in [-0.2, -0.15) is 23.1 Å². The fourth-order valence-electron chi connectivity index (χ4n) is 10.5. The molecule has 14 aromatic rings. The van der Waals surface area contributed by atoms with Crippen molar-refractivity contribution in [3.8, 4) is 93.9 Å². The van der Waals surface area contributed by atoms with E-state index in [0.29, 0.717) is 34.3 Å². The van der Waals surface area contributed by atoms with Crippen molar-refractivity contribution in [1.82, 2.24) is 44.9 Å². The van der Waals surface area contributed by atoms with Gasteiger partial charge in [0.2, 0.25) is 15.9 Å². The van der Waals surface area contributed by atoms with E-state index < -0.39 is 11.7 Å². The van der Waals surface area contributed by atoms with Gasteiger partial charge in [-0.15, -0.1) is 45.3 Å². The van der Waals surface area contributed by atoms with Crippen LogP contribution in [0.2, 0.25) is 0 Å². The van der Waals surface area contributed by atoms with Gasteiger partial charge in [-0.25, -0.2) is 29.9 Å². The molecule has 0 radical (unpaired) electrons. The van der Waals surface area contributed by atoms with Gasteiger partial charge in [0.1, 0.15) is 28.5 Å². The number of H-pyrrole nitrogens is 3. The summed E-state index contributed by atoms with van der Waals surface area (Å²) >= 11 is 9.71. The zero-order chi connectivity index (χ0) is 78.4. The number of aryl methyl sites for hydroxylation is 7. The number of nitrogens with one attached hydrogen (secondary N) is 3. The summed E-state index contributed by atoms with van der Waals surface area (Å²) in [7, 11) is 0. The van der Waals surface area contributed by atoms with Gasteiger partial charge in [0, 0.05) is 147 Å². The summed E-state index contributed by atoms with van der Waals surface area (Å²) in [5.74, 6) is 39.4. The van der Waals surface area contributed by atoms with Crippen LogP contribution in [0.25, 0.3) is 17.3 Å². The highest BCUT2D eigenvalue weighted by Crippen LogP contribution is 2.39. The second-order valence-electron chi connectivity index (χ2n) is 25.2. The third-order valence-corrected chi connectivity index (χ3v) is 20.8. The molecule has 0 saturated heterocycles. The lowest BCUT2D eigenvalue weighted by molar-refractivity contribution is -0.383. The molecule has 2 aliphatic rings. The van der Waals surface area contributed by atoms with Crippen molar-refractivity contribution in [1.29, 1.82) is 0 Å². The van der Waals surface area contributed by atoms with Crippen LogP contribution in [-0.2, 0) is 6.18 Å². The smallest absolute Gasteiger partial charge is 0.416 e. The lowest BCUT2D eigenvalue weighted by Crippen LogP contribution is -3.00. The maximum absolute atomic E-state index is 12.8. The van der Waals surface area contributed by atoms with E-state index in [-0.39, 0.29) is 37.2 Å². The molecule has 0 unspecified atom stereocenters. The Labute approximate surface area is 711 Å². The zero-order valence-electron chi connectivity index (χ0n) is 63.4. The first-order valence-electron chi connectivity index (χ1n) is 35.4.